The molecule has 0 radical (unpaired) electrons. The van der Waals surface area contributed by atoms with Gasteiger partial charge in [-0.2, -0.15) is 0 Å². The number of aliphatic hydroxyl groups excluding tert-OH is 2. The standard InChI is InChI=1S/C24H40N2O8S2/c1-15(2)21(23(31)32)25-19(29)13-17(27)9-5-7-11-35-36-12-8-6-10-18(28)14-20(30)26-22(16(3)4)24(33)34/h5-6,9-10,15-18,21-22,27-28H,7-8,11-14H2,1-4H3,(H,25,29)(H,26,30)(H,31,32)(H,33,34)/b9-5+,10-6+/t17?,18?,21-,22-/m1/s1. The number of hydrogen-bond donors (Lipinski definition) is 6. The van der Waals surface area contributed by atoms with Crippen molar-refractivity contribution in [2.24, 2.45) is 11.8 Å². The van der Waals surface area contributed by atoms with Gasteiger partial charge in [0, 0.05) is 11.5 Å². The van der Waals surface area contributed by atoms with E-state index < -0.39 is 48.0 Å². The molecule has 12 heteroatoms. The van der Waals surface area contributed by atoms with Gasteiger partial charge in [0.25, 0.3) is 0 Å². The Labute approximate surface area is 220 Å². The first-order valence-electron chi connectivity index (χ1n) is 11.8. The Morgan fingerprint density at radius 1 is 0.694 bits per heavy atom. The molecule has 36 heavy (non-hydrogen) atoms. The molecule has 0 aromatic rings. The summed E-state index contributed by atoms with van der Waals surface area (Å²) in [6, 6.07) is -1.97. The first-order valence-corrected chi connectivity index (χ1v) is 14.3. The molecule has 0 spiro atoms. The van der Waals surface area contributed by atoms with Crippen LogP contribution in [-0.4, -0.2) is 80.0 Å². The van der Waals surface area contributed by atoms with Crippen LogP contribution in [0.15, 0.2) is 24.3 Å². The lowest BCUT2D eigenvalue weighted by atomic mass is 10.0. The van der Waals surface area contributed by atoms with Crippen LogP contribution in [0.5, 0.6) is 0 Å². The highest BCUT2D eigenvalue weighted by molar-refractivity contribution is 8.76. The fourth-order valence-corrected chi connectivity index (χ4v) is 4.85. The van der Waals surface area contributed by atoms with E-state index >= 15 is 0 Å². The fourth-order valence-electron chi connectivity index (χ4n) is 2.86. The first-order chi connectivity index (χ1) is 16.8. The summed E-state index contributed by atoms with van der Waals surface area (Å²) in [6.45, 7) is 6.78. The van der Waals surface area contributed by atoms with Crippen molar-refractivity contribution in [2.75, 3.05) is 11.5 Å². The van der Waals surface area contributed by atoms with Gasteiger partial charge in [-0.15, -0.1) is 0 Å². The number of carboxylic acids is 2. The van der Waals surface area contributed by atoms with Gasteiger partial charge in [-0.3, -0.25) is 9.59 Å². The molecule has 0 aliphatic carbocycles. The Kier molecular flexibility index (Phi) is 18.1. The van der Waals surface area contributed by atoms with Crippen molar-refractivity contribution in [2.45, 2.75) is 77.7 Å². The average Bonchev–Trinajstić information content (AvgIpc) is 2.76. The molecule has 0 bridgehead atoms. The van der Waals surface area contributed by atoms with Crippen LogP contribution in [0.2, 0.25) is 0 Å². The van der Waals surface area contributed by atoms with E-state index in [-0.39, 0.29) is 24.7 Å². The summed E-state index contributed by atoms with van der Waals surface area (Å²) >= 11 is 0. The Morgan fingerprint density at radius 2 is 1.03 bits per heavy atom. The summed E-state index contributed by atoms with van der Waals surface area (Å²) in [6.07, 6.45) is 5.61. The average molecular weight is 549 g/mol. The van der Waals surface area contributed by atoms with Crippen molar-refractivity contribution in [3.63, 3.8) is 0 Å². The molecule has 0 rings (SSSR count). The second-order valence-electron chi connectivity index (χ2n) is 8.88. The number of aliphatic hydroxyl groups is 2. The van der Waals surface area contributed by atoms with E-state index in [4.69, 9.17) is 10.2 Å². The van der Waals surface area contributed by atoms with E-state index in [0.717, 1.165) is 11.5 Å². The largest absolute Gasteiger partial charge is 0.480 e. The topological polar surface area (TPSA) is 173 Å². The van der Waals surface area contributed by atoms with Gasteiger partial charge in [0.1, 0.15) is 12.1 Å². The Hall–Kier alpha value is -2.02. The smallest absolute Gasteiger partial charge is 0.326 e. The number of carboxylic acid groups (broad SMARTS) is 2. The lowest BCUT2D eigenvalue weighted by Gasteiger charge is -2.18. The van der Waals surface area contributed by atoms with E-state index in [1.54, 1.807) is 61.4 Å². The van der Waals surface area contributed by atoms with Crippen LogP contribution >= 0.6 is 21.6 Å². The van der Waals surface area contributed by atoms with Gasteiger partial charge in [0.2, 0.25) is 11.8 Å². The fraction of sp³-hybridized carbons (Fsp3) is 0.667. The first kappa shape index (κ1) is 34.0. The number of rotatable bonds is 19. The van der Waals surface area contributed by atoms with Gasteiger partial charge < -0.3 is 31.1 Å². The highest BCUT2D eigenvalue weighted by atomic mass is 33.1. The maximum Gasteiger partial charge on any atom is 0.326 e. The van der Waals surface area contributed by atoms with E-state index in [0.29, 0.717) is 12.8 Å². The molecule has 0 aliphatic rings. The molecule has 6 N–H and O–H groups in total. The molecule has 0 saturated heterocycles. The third kappa shape index (κ3) is 16.6. The Balaban J connectivity index is 3.99. The second kappa shape index (κ2) is 19.1. The van der Waals surface area contributed by atoms with Crippen LogP contribution in [0, 0.1) is 11.8 Å². The predicted molar refractivity (Wildman–Crippen MR) is 142 cm³/mol. The molecular formula is C24H40N2O8S2. The molecule has 0 aliphatic heterocycles. The zero-order chi connectivity index (χ0) is 27.7. The minimum absolute atomic E-state index is 0.202. The van der Waals surface area contributed by atoms with Gasteiger partial charge in [-0.25, -0.2) is 9.59 Å². The SMILES string of the molecule is CC(C)[C@@H](NC(=O)CC(O)/C=C/CCSSCC/C=C/C(O)CC(=O)N[C@@H](C(=O)O)C(C)C)C(=O)O. The monoisotopic (exact) mass is 548 g/mol. The van der Waals surface area contributed by atoms with Crippen molar-refractivity contribution in [3.8, 4) is 0 Å². The number of amides is 2. The summed E-state index contributed by atoms with van der Waals surface area (Å²) in [4.78, 5) is 46.0. The molecular weight excluding hydrogens is 508 g/mol. The van der Waals surface area contributed by atoms with Crippen molar-refractivity contribution in [3.05, 3.63) is 24.3 Å². The molecule has 4 atom stereocenters. The summed E-state index contributed by atoms with van der Waals surface area (Å²) in [5, 5.41) is 42.8. The van der Waals surface area contributed by atoms with Crippen molar-refractivity contribution >= 4 is 45.3 Å². The summed E-state index contributed by atoms with van der Waals surface area (Å²) in [5.41, 5.74) is 0. The van der Waals surface area contributed by atoms with Crippen LogP contribution < -0.4 is 10.6 Å². The van der Waals surface area contributed by atoms with Crippen LogP contribution in [-0.2, 0) is 19.2 Å². The van der Waals surface area contributed by atoms with Gasteiger partial charge in [-0.05, 0) is 24.7 Å². The number of carbonyl (C=O) groups is 4. The van der Waals surface area contributed by atoms with Crippen molar-refractivity contribution < 1.29 is 39.6 Å². The second-order valence-corrected chi connectivity index (χ2v) is 11.6. The lowest BCUT2D eigenvalue weighted by Crippen LogP contribution is -2.45. The number of nitrogens with one attached hydrogen (secondary N) is 2. The highest BCUT2D eigenvalue weighted by Gasteiger charge is 2.24. The maximum atomic E-state index is 11.9. The van der Waals surface area contributed by atoms with Crippen LogP contribution in [0.4, 0.5) is 0 Å². The molecule has 0 aromatic carbocycles. The van der Waals surface area contributed by atoms with Gasteiger partial charge >= 0.3 is 11.9 Å². The number of allylic oxidation sites excluding steroid dienone is 2. The predicted octanol–water partition coefficient (Wildman–Crippen LogP) is 2.21. The van der Waals surface area contributed by atoms with Crippen LogP contribution in [0.25, 0.3) is 0 Å². The Bertz CT molecular complexity index is 696. The van der Waals surface area contributed by atoms with Gasteiger partial charge in [-0.1, -0.05) is 73.6 Å². The maximum absolute atomic E-state index is 11.9. The van der Waals surface area contributed by atoms with E-state index in [1.165, 1.54) is 12.2 Å². The summed E-state index contributed by atoms with van der Waals surface area (Å²) < 4.78 is 0. The van der Waals surface area contributed by atoms with Gasteiger partial charge in [0.05, 0.1) is 25.0 Å². The quantitative estimate of drug-likeness (QED) is 0.0798. The summed E-state index contributed by atoms with van der Waals surface area (Å²) in [7, 11) is 3.28. The minimum Gasteiger partial charge on any atom is -0.480 e. The molecule has 0 fully saturated rings. The molecule has 10 nitrogen and oxygen atoms in total. The van der Waals surface area contributed by atoms with Gasteiger partial charge in [0.15, 0.2) is 0 Å². The van der Waals surface area contributed by atoms with Crippen molar-refractivity contribution in [1.82, 2.24) is 10.6 Å². The van der Waals surface area contributed by atoms with E-state index in [9.17, 15) is 29.4 Å². The highest BCUT2D eigenvalue weighted by Crippen LogP contribution is 2.23. The van der Waals surface area contributed by atoms with Crippen LogP contribution in [0.1, 0.15) is 53.4 Å². The number of hydrogen-bond acceptors (Lipinski definition) is 8. The molecule has 206 valence electrons. The number of aliphatic carboxylic acids is 2. The molecule has 2 amide bonds. The minimum atomic E-state index is -1.11. The van der Waals surface area contributed by atoms with E-state index in [2.05, 4.69) is 10.6 Å². The van der Waals surface area contributed by atoms with Crippen LogP contribution in [0.3, 0.4) is 0 Å². The normalized spacial score (nSPS) is 15.2. The molecule has 0 saturated carbocycles. The van der Waals surface area contributed by atoms with Crippen molar-refractivity contribution in [1.29, 1.82) is 0 Å². The zero-order valence-electron chi connectivity index (χ0n) is 21.3. The molecule has 0 heterocycles. The number of carbonyl (C=O) groups excluding carboxylic acids is 2. The third-order valence-electron chi connectivity index (χ3n) is 4.82. The lowest BCUT2D eigenvalue weighted by molar-refractivity contribution is -0.143. The molecule has 0 aromatic heterocycles. The zero-order valence-corrected chi connectivity index (χ0v) is 22.9. The summed E-state index contributed by atoms with van der Waals surface area (Å²) in [5.74, 6) is -2.18. The molecule has 2 unspecified atom stereocenters. The van der Waals surface area contributed by atoms with E-state index in [1.807, 2.05) is 0 Å². The Morgan fingerprint density at radius 3 is 1.31 bits per heavy atom. The third-order valence-corrected chi connectivity index (χ3v) is 7.29.